The van der Waals surface area contributed by atoms with Gasteiger partial charge in [0, 0.05) is 0 Å². The molecule has 5 heteroatoms. The Morgan fingerprint density at radius 3 is 2.21 bits per heavy atom. The van der Waals surface area contributed by atoms with Crippen LogP contribution in [0.2, 0.25) is 0 Å². The van der Waals surface area contributed by atoms with E-state index >= 15 is 0 Å². The Balaban J connectivity index is 3.36. The lowest BCUT2D eigenvalue weighted by Crippen LogP contribution is -2.33. The van der Waals surface area contributed by atoms with Crippen LogP contribution in [0.3, 0.4) is 0 Å². The summed E-state index contributed by atoms with van der Waals surface area (Å²) in [5.74, 6) is 0.849. The number of aryl methyl sites for hydroxylation is 1. The molecule has 0 saturated heterocycles. The standard InChI is InChI=1S/C9H13BO4/c1-6-4-5-7(13-2)8(10(11)12)9(6)14-3/h4-5,11-12H,1-3H3. The molecule has 1 rings (SSSR count). The van der Waals surface area contributed by atoms with Gasteiger partial charge in [-0.05, 0) is 18.6 Å². The van der Waals surface area contributed by atoms with E-state index in [9.17, 15) is 0 Å². The van der Waals surface area contributed by atoms with Gasteiger partial charge < -0.3 is 19.5 Å². The molecular weight excluding hydrogens is 183 g/mol. The van der Waals surface area contributed by atoms with Gasteiger partial charge in [-0.3, -0.25) is 0 Å². The minimum atomic E-state index is -1.60. The lowest BCUT2D eigenvalue weighted by atomic mass is 9.77. The first-order valence-corrected chi connectivity index (χ1v) is 4.19. The number of benzene rings is 1. The lowest BCUT2D eigenvalue weighted by Gasteiger charge is -2.14. The van der Waals surface area contributed by atoms with Gasteiger partial charge in [-0.2, -0.15) is 0 Å². The summed E-state index contributed by atoms with van der Waals surface area (Å²) in [6.45, 7) is 1.82. The minimum Gasteiger partial charge on any atom is -0.497 e. The van der Waals surface area contributed by atoms with Crippen molar-refractivity contribution >= 4 is 12.6 Å². The highest BCUT2D eigenvalue weighted by Crippen LogP contribution is 2.21. The van der Waals surface area contributed by atoms with Crippen LogP contribution in [0.15, 0.2) is 12.1 Å². The van der Waals surface area contributed by atoms with Gasteiger partial charge in [-0.15, -0.1) is 0 Å². The van der Waals surface area contributed by atoms with Crippen molar-refractivity contribution in [1.29, 1.82) is 0 Å². The van der Waals surface area contributed by atoms with E-state index < -0.39 is 7.12 Å². The molecule has 0 aliphatic heterocycles. The molecule has 0 atom stereocenters. The highest BCUT2D eigenvalue weighted by atomic mass is 16.5. The van der Waals surface area contributed by atoms with Crippen LogP contribution in [0.4, 0.5) is 0 Å². The van der Waals surface area contributed by atoms with Crippen molar-refractivity contribution in [3.05, 3.63) is 17.7 Å². The zero-order valence-electron chi connectivity index (χ0n) is 8.44. The zero-order valence-corrected chi connectivity index (χ0v) is 8.44. The van der Waals surface area contributed by atoms with E-state index in [0.29, 0.717) is 11.5 Å². The molecule has 1 aromatic carbocycles. The van der Waals surface area contributed by atoms with Gasteiger partial charge in [-0.1, -0.05) is 6.07 Å². The fourth-order valence-electron chi connectivity index (χ4n) is 1.38. The second-order valence-corrected chi connectivity index (χ2v) is 2.91. The molecule has 14 heavy (non-hydrogen) atoms. The van der Waals surface area contributed by atoms with E-state index in [2.05, 4.69) is 0 Å². The van der Waals surface area contributed by atoms with Crippen LogP contribution in [0.1, 0.15) is 5.56 Å². The molecule has 0 aliphatic carbocycles. The summed E-state index contributed by atoms with van der Waals surface area (Å²) >= 11 is 0. The second-order valence-electron chi connectivity index (χ2n) is 2.91. The average molecular weight is 196 g/mol. The van der Waals surface area contributed by atoms with Crippen LogP contribution in [0.5, 0.6) is 11.5 Å². The zero-order chi connectivity index (χ0) is 10.7. The van der Waals surface area contributed by atoms with Gasteiger partial charge in [0.05, 0.1) is 19.7 Å². The first-order valence-electron chi connectivity index (χ1n) is 4.19. The summed E-state index contributed by atoms with van der Waals surface area (Å²) in [6, 6.07) is 3.47. The smallest absolute Gasteiger partial charge is 0.496 e. The summed E-state index contributed by atoms with van der Waals surface area (Å²) in [6.07, 6.45) is 0. The number of hydrogen-bond donors (Lipinski definition) is 2. The molecule has 76 valence electrons. The van der Waals surface area contributed by atoms with Crippen molar-refractivity contribution in [2.75, 3.05) is 14.2 Å². The fourth-order valence-corrected chi connectivity index (χ4v) is 1.38. The predicted octanol–water partition coefficient (Wildman–Crippen LogP) is -0.308. The van der Waals surface area contributed by atoms with E-state index in [1.165, 1.54) is 14.2 Å². The summed E-state index contributed by atoms with van der Waals surface area (Å²) < 4.78 is 10.1. The molecule has 0 unspecified atom stereocenters. The lowest BCUT2D eigenvalue weighted by molar-refractivity contribution is 0.383. The Labute approximate surface area is 83.2 Å². The molecule has 0 radical (unpaired) electrons. The molecule has 0 aromatic heterocycles. The number of methoxy groups -OCH3 is 2. The van der Waals surface area contributed by atoms with Crippen LogP contribution in [0.25, 0.3) is 0 Å². The number of ether oxygens (including phenoxy) is 2. The van der Waals surface area contributed by atoms with E-state index in [-0.39, 0.29) is 5.46 Å². The molecule has 0 bridgehead atoms. The van der Waals surface area contributed by atoms with Crippen LogP contribution in [0, 0.1) is 6.92 Å². The van der Waals surface area contributed by atoms with E-state index in [1.807, 2.05) is 6.92 Å². The molecule has 0 fully saturated rings. The second kappa shape index (κ2) is 4.35. The topological polar surface area (TPSA) is 58.9 Å². The Morgan fingerprint density at radius 1 is 1.14 bits per heavy atom. The molecule has 0 heterocycles. The quantitative estimate of drug-likeness (QED) is 0.651. The third-order valence-corrected chi connectivity index (χ3v) is 2.04. The van der Waals surface area contributed by atoms with Crippen molar-refractivity contribution in [3.63, 3.8) is 0 Å². The maximum Gasteiger partial charge on any atom is 0.496 e. The molecule has 2 N–H and O–H groups in total. The highest BCUT2D eigenvalue weighted by Gasteiger charge is 2.23. The van der Waals surface area contributed by atoms with Crippen LogP contribution in [-0.4, -0.2) is 31.4 Å². The first-order chi connectivity index (χ1) is 6.61. The third kappa shape index (κ3) is 1.83. The molecule has 4 nitrogen and oxygen atoms in total. The van der Waals surface area contributed by atoms with Gasteiger partial charge in [0.1, 0.15) is 11.5 Å². The average Bonchev–Trinajstić information content (AvgIpc) is 2.17. The maximum atomic E-state index is 9.17. The highest BCUT2D eigenvalue weighted by molar-refractivity contribution is 6.61. The van der Waals surface area contributed by atoms with Crippen LogP contribution in [-0.2, 0) is 0 Å². The molecule has 0 spiro atoms. The van der Waals surface area contributed by atoms with Gasteiger partial charge in [-0.25, -0.2) is 0 Å². The van der Waals surface area contributed by atoms with Crippen molar-refractivity contribution in [2.24, 2.45) is 0 Å². The Hall–Kier alpha value is -1.20. The summed E-state index contributed by atoms with van der Waals surface area (Å²) in [7, 11) is 1.35. The third-order valence-electron chi connectivity index (χ3n) is 2.04. The largest absolute Gasteiger partial charge is 0.497 e. The normalized spacial score (nSPS) is 9.79. The SMILES string of the molecule is COc1ccc(C)c(OC)c1B(O)O. The van der Waals surface area contributed by atoms with Gasteiger partial charge in [0.2, 0.25) is 0 Å². The number of hydrogen-bond acceptors (Lipinski definition) is 4. The summed E-state index contributed by atoms with van der Waals surface area (Å²) in [5.41, 5.74) is 1.09. The fraction of sp³-hybridized carbons (Fsp3) is 0.333. The summed E-state index contributed by atoms with van der Waals surface area (Å²) in [4.78, 5) is 0. The minimum absolute atomic E-state index is 0.259. The monoisotopic (exact) mass is 196 g/mol. The molecular formula is C9H13BO4. The van der Waals surface area contributed by atoms with E-state index in [1.54, 1.807) is 12.1 Å². The van der Waals surface area contributed by atoms with Crippen molar-refractivity contribution < 1.29 is 19.5 Å². The van der Waals surface area contributed by atoms with Crippen molar-refractivity contribution in [2.45, 2.75) is 6.92 Å². The van der Waals surface area contributed by atoms with E-state index in [0.717, 1.165) is 5.56 Å². The molecule has 0 saturated carbocycles. The molecule has 0 amide bonds. The van der Waals surface area contributed by atoms with Crippen molar-refractivity contribution in [3.8, 4) is 11.5 Å². The van der Waals surface area contributed by atoms with Gasteiger partial charge in [0.15, 0.2) is 0 Å². The Kier molecular flexibility index (Phi) is 3.38. The molecule has 0 aliphatic rings. The first kappa shape index (κ1) is 10.9. The Bertz CT molecular complexity index is 325. The van der Waals surface area contributed by atoms with Crippen LogP contribution >= 0.6 is 0 Å². The molecule has 1 aromatic rings. The van der Waals surface area contributed by atoms with Gasteiger partial charge >= 0.3 is 7.12 Å². The number of rotatable bonds is 3. The maximum absolute atomic E-state index is 9.17. The predicted molar refractivity (Wildman–Crippen MR) is 54.1 cm³/mol. The summed E-state index contributed by atoms with van der Waals surface area (Å²) in [5, 5.41) is 18.3. The van der Waals surface area contributed by atoms with Crippen LogP contribution < -0.4 is 14.9 Å². The van der Waals surface area contributed by atoms with Gasteiger partial charge in [0.25, 0.3) is 0 Å². The Morgan fingerprint density at radius 2 is 1.79 bits per heavy atom. The van der Waals surface area contributed by atoms with Crippen molar-refractivity contribution in [1.82, 2.24) is 0 Å². The van der Waals surface area contributed by atoms with E-state index in [4.69, 9.17) is 19.5 Å².